The predicted octanol–water partition coefficient (Wildman–Crippen LogP) is 4.63. The molecule has 2 aliphatic rings. The summed E-state index contributed by atoms with van der Waals surface area (Å²) in [4.78, 5) is 12.9. The number of Topliss-reactive ketones (excluding diaryl/α,β-unsaturated/α-hetero) is 1. The van der Waals surface area contributed by atoms with Gasteiger partial charge in [0.25, 0.3) is 0 Å². The van der Waals surface area contributed by atoms with Gasteiger partial charge >= 0.3 is 0 Å². The molecule has 0 saturated carbocycles. The molecular weight excluding hydrogens is 354 g/mol. The van der Waals surface area contributed by atoms with Gasteiger partial charge in [0, 0.05) is 10.5 Å². The fraction of sp³-hybridized carbons (Fsp3) is 0.435. The van der Waals surface area contributed by atoms with Crippen LogP contribution in [0.15, 0.2) is 41.3 Å². The number of ketones is 1. The molecule has 4 rings (SSSR count). The summed E-state index contributed by atoms with van der Waals surface area (Å²) in [5.74, 6) is 2.56. The number of thioether (sulfide) groups is 1. The number of hydrogen-bond acceptors (Lipinski definition) is 4. The van der Waals surface area contributed by atoms with Gasteiger partial charge in [-0.2, -0.15) is 0 Å². The third-order valence-electron chi connectivity index (χ3n) is 5.77. The summed E-state index contributed by atoms with van der Waals surface area (Å²) in [6.45, 7) is 2.02. The fourth-order valence-electron chi connectivity index (χ4n) is 4.33. The Morgan fingerprint density at radius 1 is 1.22 bits per heavy atom. The number of hydrogen-bond donors (Lipinski definition) is 1. The Labute approximate surface area is 165 Å². The standard InChI is InChI=1S/C23H27NO2S/c1-26-22-7-3-5-18-17(4-2-6-19(18)22)11-13-24-12-10-16-8-9-20-21(25)15-27-23(20)14-16/h3,5,7-9,14,17,24H,2,4,6,10-13,15H2,1H3. The molecule has 4 heteroatoms. The van der Waals surface area contributed by atoms with Gasteiger partial charge in [-0.1, -0.05) is 18.2 Å². The Morgan fingerprint density at radius 3 is 3.04 bits per heavy atom. The van der Waals surface area contributed by atoms with Gasteiger partial charge in [0.05, 0.1) is 12.9 Å². The molecule has 1 atom stereocenters. The second kappa shape index (κ2) is 8.49. The number of benzene rings is 2. The van der Waals surface area contributed by atoms with Gasteiger partial charge in [-0.15, -0.1) is 11.8 Å². The minimum absolute atomic E-state index is 0.268. The van der Waals surface area contributed by atoms with Crippen LogP contribution in [-0.4, -0.2) is 31.7 Å². The lowest BCUT2D eigenvalue weighted by atomic mass is 9.80. The van der Waals surface area contributed by atoms with E-state index in [2.05, 4.69) is 35.6 Å². The normalized spacial score (nSPS) is 18.3. The number of nitrogens with one attached hydrogen (secondary N) is 1. The number of ether oxygens (including phenoxy) is 1. The molecule has 1 unspecified atom stereocenters. The van der Waals surface area contributed by atoms with Crippen LogP contribution < -0.4 is 10.1 Å². The lowest BCUT2D eigenvalue weighted by Crippen LogP contribution is -2.22. The molecule has 2 aromatic carbocycles. The van der Waals surface area contributed by atoms with E-state index in [1.165, 1.54) is 36.0 Å². The molecule has 0 saturated heterocycles. The molecule has 0 radical (unpaired) electrons. The fourth-order valence-corrected chi connectivity index (χ4v) is 5.35. The van der Waals surface area contributed by atoms with Gasteiger partial charge in [-0.05, 0) is 86.0 Å². The number of fused-ring (bicyclic) bond motifs is 2. The summed E-state index contributed by atoms with van der Waals surface area (Å²) < 4.78 is 5.55. The smallest absolute Gasteiger partial charge is 0.174 e. The zero-order valence-corrected chi connectivity index (χ0v) is 16.7. The third kappa shape index (κ3) is 4.07. The summed E-state index contributed by atoms with van der Waals surface area (Å²) in [6.07, 6.45) is 5.86. The first-order valence-electron chi connectivity index (χ1n) is 9.91. The highest BCUT2D eigenvalue weighted by Crippen LogP contribution is 2.38. The van der Waals surface area contributed by atoms with Gasteiger partial charge in [0.2, 0.25) is 0 Å². The minimum atomic E-state index is 0.268. The van der Waals surface area contributed by atoms with Gasteiger partial charge in [-0.25, -0.2) is 0 Å². The van der Waals surface area contributed by atoms with Crippen LogP contribution >= 0.6 is 11.8 Å². The highest BCUT2D eigenvalue weighted by Gasteiger charge is 2.22. The van der Waals surface area contributed by atoms with Crippen molar-refractivity contribution in [2.45, 2.75) is 42.9 Å². The maximum atomic E-state index is 11.7. The SMILES string of the molecule is COc1cccc2c1CCCC2CCNCCc1ccc2c(c1)SCC2=O. The van der Waals surface area contributed by atoms with Crippen LogP contribution in [0.2, 0.25) is 0 Å². The van der Waals surface area contributed by atoms with E-state index >= 15 is 0 Å². The van der Waals surface area contributed by atoms with Crippen molar-refractivity contribution in [2.24, 2.45) is 0 Å². The molecule has 3 nitrogen and oxygen atoms in total. The lowest BCUT2D eigenvalue weighted by molar-refractivity contribution is 0.102. The quantitative estimate of drug-likeness (QED) is 0.710. The van der Waals surface area contributed by atoms with E-state index < -0.39 is 0 Å². The molecule has 27 heavy (non-hydrogen) atoms. The van der Waals surface area contributed by atoms with Crippen LogP contribution in [0.3, 0.4) is 0 Å². The van der Waals surface area contributed by atoms with E-state index in [-0.39, 0.29) is 5.78 Å². The van der Waals surface area contributed by atoms with Crippen molar-refractivity contribution < 1.29 is 9.53 Å². The van der Waals surface area contributed by atoms with E-state index in [1.54, 1.807) is 18.9 Å². The second-order valence-corrected chi connectivity index (χ2v) is 8.47. The molecule has 0 fully saturated rings. The Morgan fingerprint density at radius 2 is 2.15 bits per heavy atom. The van der Waals surface area contributed by atoms with Crippen molar-refractivity contribution in [3.8, 4) is 5.75 Å². The topological polar surface area (TPSA) is 38.3 Å². The summed E-state index contributed by atoms with van der Waals surface area (Å²) in [6, 6.07) is 12.8. The van der Waals surface area contributed by atoms with E-state index in [4.69, 9.17) is 4.74 Å². The molecule has 1 aliphatic heterocycles. The van der Waals surface area contributed by atoms with Crippen LogP contribution in [0.25, 0.3) is 0 Å². The maximum absolute atomic E-state index is 11.7. The van der Waals surface area contributed by atoms with Gasteiger partial charge in [0.1, 0.15) is 5.75 Å². The van der Waals surface area contributed by atoms with E-state index in [0.29, 0.717) is 11.7 Å². The van der Waals surface area contributed by atoms with Crippen molar-refractivity contribution >= 4 is 17.5 Å². The monoisotopic (exact) mass is 381 g/mol. The highest BCUT2D eigenvalue weighted by molar-refractivity contribution is 8.00. The summed E-state index contributed by atoms with van der Waals surface area (Å²) >= 11 is 1.67. The molecule has 0 spiro atoms. The second-order valence-electron chi connectivity index (χ2n) is 7.45. The average molecular weight is 382 g/mol. The van der Waals surface area contributed by atoms with Crippen molar-refractivity contribution in [3.05, 3.63) is 58.7 Å². The van der Waals surface area contributed by atoms with Crippen LogP contribution in [0.5, 0.6) is 5.75 Å². The van der Waals surface area contributed by atoms with E-state index in [9.17, 15) is 4.79 Å². The van der Waals surface area contributed by atoms with Crippen LogP contribution in [0.4, 0.5) is 0 Å². The summed E-state index contributed by atoms with van der Waals surface area (Å²) in [5, 5.41) is 3.61. The zero-order chi connectivity index (χ0) is 18.6. The van der Waals surface area contributed by atoms with Crippen molar-refractivity contribution in [3.63, 3.8) is 0 Å². The van der Waals surface area contributed by atoms with Gasteiger partial charge in [-0.3, -0.25) is 4.79 Å². The van der Waals surface area contributed by atoms with E-state index in [0.717, 1.165) is 42.1 Å². The molecular formula is C23H27NO2S. The maximum Gasteiger partial charge on any atom is 0.174 e. The van der Waals surface area contributed by atoms with Crippen molar-refractivity contribution in [2.75, 3.05) is 26.0 Å². The Bertz CT molecular complexity index is 833. The van der Waals surface area contributed by atoms with Crippen molar-refractivity contribution in [1.29, 1.82) is 0 Å². The molecule has 2 aromatic rings. The highest BCUT2D eigenvalue weighted by atomic mass is 32.2. The molecule has 142 valence electrons. The molecule has 0 amide bonds. The third-order valence-corrected chi connectivity index (χ3v) is 6.83. The number of methoxy groups -OCH3 is 1. The number of rotatable bonds is 7. The Balaban J connectivity index is 1.26. The molecule has 0 bridgehead atoms. The summed E-state index contributed by atoms with van der Waals surface area (Å²) in [5.41, 5.74) is 5.13. The number of carbonyl (C=O) groups excluding carboxylic acids is 1. The van der Waals surface area contributed by atoms with Gasteiger partial charge in [0.15, 0.2) is 5.78 Å². The first-order valence-corrected chi connectivity index (χ1v) is 10.9. The van der Waals surface area contributed by atoms with E-state index in [1.807, 2.05) is 6.07 Å². The molecule has 1 aliphatic carbocycles. The molecule has 0 aromatic heterocycles. The first kappa shape index (κ1) is 18.6. The Hall–Kier alpha value is -1.78. The molecule has 1 heterocycles. The van der Waals surface area contributed by atoms with Gasteiger partial charge < -0.3 is 10.1 Å². The minimum Gasteiger partial charge on any atom is -0.496 e. The first-order chi connectivity index (χ1) is 13.3. The van der Waals surface area contributed by atoms with Crippen LogP contribution in [-0.2, 0) is 12.8 Å². The lowest BCUT2D eigenvalue weighted by Gasteiger charge is -2.27. The van der Waals surface area contributed by atoms with Crippen LogP contribution in [0.1, 0.15) is 52.2 Å². The van der Waals surface area contributed by atoms with Crippen molar-refractivity contribution in [1.82, 2.24) is 5.32 Å². The number of carbonyl (C=O) groups is 1. The largest absolute Gasteiger partial charge is 0.496 e. The van der Waals surface area contributed by atoms with Crippen LogP contribution in [0, 0.1) is 0 Å². The molecule has 1 N–H and O–H groups in total. The zero-order valence-electron chi connectivity index (χ0n) is 15.9. The average Bonchev–Trinajstić information content (AvgIpc) is 3.07. The predicted molar refractivity (Wildman–Crippen MR) is 111 cm³/mol. The summed E-state index contributed by atoms with van der Waals surface area (Å²) in [7, 11) is 1.77. The Kier molecular flexibility index (Phi) is 5.84.